The van der Waals surface area contributed by atoms with Gasteiger partial charge >= 0.3 is 0 Å². The molecule has 1 saturated heterocycles. The van der Waals surface area contributed by atoms with Crippen LogP contribution in [0, 0.1) is 17.8 Å². The Bertz CT molecular complexity index is 1130. The van der Waals surface area contributed by atoms with Crippen molar-refractivity contribution in [3.63, 3.8) is 0 Å². The van der Waals surface area contributed by atoms with Gasteiger partial charge in [0.15, 0.2) is 0 Å². The van der Waals surface area contributed by atoms with E-state index in [1.54, 1.807) is 21.6 Å². The number of hydrogen-bond donors (Lipinski definition) is 2. The van der Waals surface area contributed by atoms with Gasteiger partial charge < -0.3 is 19.9 Å². The second-order valence-corrected chi connectivity index (χ2v) is 9.74. The van der Waals surface area contributed by atoms with E-state index >= 15 is 0 Å². The topological polar surface area (TPSA) is 91.6 Å². The Hall–Kier alpha value is -2.64. The number of carbonyl (C=O) groups is 2. The molecule has 2 aliphatic heterocycles. The molecule has 3 aliphatic rings. The third kappa shape index (κ3) is 3.77. The van der Waals surface area contributed by atoms with Gasteiger partial charge in [0.25, 0.3) is 5.56 Å². The Morgan fingerprint density at radius 3 is 2.58 bits per heavy atom. The molecule has 33 heavy (non-hydrogen) atoms. The molecule has 174 valence electrons. The molecular formula is C25H28ClN3O4. The zero-order valence-corrected chi connectivity index (χ0v) is 19.1. The van der Waals surface area contributed by atoms with Crippen molar-refractivity contribution >= 4 is 23.4 Å². The van der Waals surface area contributed by atoms with Gasteiger partial charge in [0.05, 0.1) is 6.04 Å². The maximum atomic E-state index is 13.7. The van der Waals surface area contributed by atoms with E-state index in [-0.39, 0.29) is 48.4 Å². The Kier molecular flexibility index (Phi) is 6.01. The number of halogens is 1. The van der Waals surface area contributed by atoms with E-state index in [0.717, 1.165) is 36.9 Å². The van der Waals surface area contributed by atoms with Crippen molar-refractivity contribution in [3.8, 4) is 0 Å². The number of rotatable bonds is 5. The van der Waals surface area contributed by atoms with Crippen molar-refractivity contribution < 1.29 is 14.7 Å². The van der Waals surface area contributed by atoms with Crippen molar-refractivity contribution in [2.75, 3.05) is 6.61 Å². The fourth-order valence-corrected chi connectivity index (χ4v) is 6.20. The normalized spacial score (nSPS) is 26.3. The minimum Gasteiger partial charge on any atom is -0.396 e. The van der Waals surface area contributed by atoms with Gasteiger partial charge in [0.2, 0.25) is 11.8 Å². The number of nitrogens with zero attached hydrogens (tertiary/aromatic N) is 2. The molecule has 1 aliphatic carbocycles. The first-order valence-corrected chi connectivity index (χ1v) is 12.0. The predicted molar refractivity (Wildman–Crippen MR) is 123 cm³/mol. The van der Waals surface area contributed by atoms with Crippen molar-refractivity contribution in [2.45, 2.75) is 50.9 Å². The summed E-state index contributed by atoms with van der Waals surface area (Å²) >= 11 is 6.25. The maximum Gasteiger partial charge on any atom is 0.250 e. The molecule has 2 aromatic rings. The third-order valence-corrected chi connectivity index (χ3v) is 7.96. The second kappa shape index (κ2) is 8.95. The molecule has 2 N–H and O–H groups in total. The van der Waals surface area contributed by atoms with Crippen LogP contribution in [0.25, 0.3) is 0 Å². The lowest BCUT2D eigenvalue weighted by molar-refractivity contribution is -0.144. The van der Waals surface area contributed by atoms with Crippen LogP contribution in [0.3, 0.4) is 0 Å². The molecule has 2 amide bonds. The monoisotopic (exact) mass is 469 g/mol. The summed E-state index contributed by atoms with van der Waals surface area (Å²) in [7, 11) is 0. The van der Waals surface area contributed by atoms with Crippen LogP contribution in [0.1, 0.15) is 43.0 Å². The molecule has 7 nitrogen and oxygen atoms in total. The summed E-state index contributed by atoms with van der Waals surface area (Å²) in [5.41, 5.74) is 1.42. The smallest absolute Gasteiger partial charge is 0.250 e. The van der Waals surface area contributed by atoms with Crippen molar-refractivity contribution in [1.29, 1.82) is 0 Å². The van der Waals surface area contributed by atoms with Crippen LogP contribution in [0.15, 0.2) is 47.3 Å². The van der Waals surface area contributed by atoms with Crippen LogP contribution in [-0.4, -0.2) is 39.0 Å². The lowest BCUT2D eigenvalue weighted by atomic mass is 9.88. The SMILES string of the molecule is O=C(NCc1ccccc1Cl)[C@@H]1[C@@H](CO)[C@@H]2Cn3c(cccc3=O)[C@@H]2N1C(=O)C1CCCC1. The number of aliphatic hydroxyl groups excluding tert-OH is 1. The maximum absolute atomic E-state index is 13.7. The molecule has 2 fully saturated rings. The van der Waals surface area contributed by atoms with Crippen LogP contribution in [-0.2, 0) is 22.7 Å². The number of carbonyl (C=O) groups excluding carboxylic acids is 2. The van der Waals surface area contributed by atoms with Gasteiger partial charge in [-0.25, -0.2) is 0 Å². The van der Waals surface area contributed by atoms with Crippen molar-refractivity contribution in [1.82, 2.24) is 14.8 Å². The van der Waals surface area contributed by atoms with E-state index in [1.165, 1.54) is 6.07 Å². The molecule has 1 aromatic heterocycles. The standard InChI is InChI=1S/C25H28ClN3O4/c26-19-9-4-3-8-16(19)12-27-24(32)23-18(14-30)17-13-28-20(10-5-11-21(28)31)22(17)29(23)25(33)15-6-1-2-7-15/h3-5,8-11,15,17-18,22-23,30H,1-2,6-7,12-14H2,(H,27,32)/t17-,18-,22+,23-/m0/s1. The van der Waals surface area contributed by atoms with Gasteiger partial charge in [-0.15, -0.1) is 0 Å². The van der Waals surface area contributed by atoms with E-state index in [4.69, 9.17) is 11.6 Å². The first-order chi connectivity index (χ1) is 16.0. The Morgan fingerprint density at radius 1 is 1.09 bits per heavy atom. The van der Waals surface area contributed by atoms with Gasteiger partial charge in [-0.05, 0) is 30.5 Å². The summed E-state index contributed by atoms with van der Waals surface area (Å²) in [4.78, 5) is 41.4. The summed E-state index contributed by atoms with van der Waals surface area (Å²) in [6.45, 7) is 0.403. The van der Waals surface area contributed by atoms with E-state index in [2.05, 4.69) is 5.32 Å². The number of likely N-dealkylation sites (tertiary alicyclic amines) is 1. The van der Waals surface area contributed by atoms with Gasteiger partial charge in [-0.2, -0.15) is 0 Å². The van der Waals surface area contributed by atoms with E-state index in [1.807, 2.05) is 24.3 Å². The number of nitrogens with one attached hydrogen (secondary N) is 1. The molecule has 0 bridgehead atoms. The number of aromatic nitrogens is 1. The number of aliphatic hydroxyl groups is 1. The zero-order chi connectivity index (χ0) is 23.1. The highest BCUT2D eigenvalue weighted by molar-refractivity contribution is 6.31. The van der Waals surface area contributed by atoms with E-state index in [0.29, 0.717) is 11.6 Å². The summed E-state index contributed by atoms with van der Waals surface area (Å²) in [6, 6.07) is 11.2. The fourth-order valence-electron chi connectivity index (χ4n) is 5.99. The van der Waals surface area contributed by atoms with E-state index < -0.39 is 12.0 Å². The second-order valence-electron chi connectivity index (χ2n) is 9.34. The molecule has 8 heteroatoms. The quantitative estimate of drug-likeness (QED) is 0.703. The number of hydrogen-bond acceptors (Lipinski definition) is 4. The lowest BCUT2D eigenvalue weighted by Gasteiger charge is -2.33. The number of benzene rings is 1. The molecule has 5 rings (SSSR count). The van der Waals surface area contributed by atoms with Crippen molar-refractivity contribution in [3.05, 3.63) is 69.1 Å². The molecule has 1 aromatic carbocycles. The summed E-state index contributed by atoms with van der Waals surface area (Å²) in [5.74, 6) is -1.09. The largest absolute Gasteiger partial charge is 0.396 e. The Morgan fingerprint density at radius 2 is 1.85 bits per heavy atom. The zero-order valence-electron chi connectivity index (χ0n) is 18.3. The first kappa shape index (κ1) is 22.2. The highest BCUT2D eigenvalue weighted by atomic mass is 35.5. The Balaban J connectivity index is 1.49. The highest BCUT2D eigenvalue weighted by Crippen LogP contribution is 2.50. The molecule has 0 unspecified atom stereocenters. The minimum absolute atomic E-state index is 0.0407. The van der Waals surface area contributed by atoms with E-state index in [9.17, 15) is 19.5 Å². The third-order valence-electron chi connectivity index (χ3n) is 7.59. The van der Waals surface area contributed by atoms with Gasteiger partial charge in [0.1, 0.15) is 6.04 Å². The molecule has 3 heterocycles. The van der Waals surface area contributed by atoms with Crippen molar-refractivity contribution in [2.24, 2.45) is 17.8 Å². The highest BCUT2D eigenvalue weighted by Gasteiger charge is 2.57. The van der Waals surface area contributed by atoms with Crippen LogP contribution in [0.5, 0.6) is 0 Å². The predicted octanol–water partition coefficient (Wildman–Crippen LogP) is 2.50. The van der Waals surface area contributed by atoms with Crippen LogP contribution < -0.4 is 10.9 Å². The molecule has 1 saturated carbocycles. The molecule has 0 spiro atoms. The first-order valence-electron chi connectivity index (χ1n) is 11.6. The van der Waals surface area contributed by atoms with Crippen LogP contribution >= 0.6 is 11.6 Å². The summed E-state index contributed by atoms with van der Waals surface area (Å²) < 4.78 is 1.69. The van der Waals surface area contributed by atoms with Crippen LogP contribution in [0.2, 0.25) is 5.02 Å². The summed E-state index contributed by atoms with van der Waals surface area (Å²) in [6.07, 6.45) is 3.63. The Labute approximate surface area is 197 Å². The van der Waals surface area contributed by atoms with Gasteiger partial charge in [0, 0.05) is 54.2 Å². The van der Waals surface area contributed by atoms with Crippen LogP contribution in [0.4, 0.5) is 0 Å². The van der Waals surface area contributed by atoms with Gasteiger partial charge in [-0.1, -0.05) is 48.7 Å². The average Bonchev–Trinajstić information content (AvgIpc) is 3.53. The molecule has 4 atom stereocenters. The number of fused-ring (bicyclic) bond motifs is 3. The number of amides is 2. The summed E-state index contributed by atoms with van der Waals surface area (Å²) in [5, 5.41) is 13.9. The molecular weight excluding hydrogens is 442 g/mol. The molecule has 0 radical (unpaired) electrons. The average molecular weight is 470 g/mol. The fraction of sp³-hybridized carbons (Fsp3) is 0.480. The van der Waals surface area contributed by atoms with Gasteiger partial charge in [-0.3, -0.25) is 14.4 Å². The number of pyridine rings is 1. The lowest BCUT2D eigenvalue weighted by Crippen LogP contribution is -2.51. The minimum atomic E-state index is -0.787.